The van der Waals surface area contributed by atoms with Gasteiger partial charge in [0, 0.05) is 6.42 Å². The zero-order chi connectivity index (χ0) is 13.7. The number of amides is 1. The second-order valence-electron chi connectivity index (χ2n) is 5.20. The van der Waals surface area contributed by atoms with Gasteiger partial charge in [0.25, 0.3) is 0 Å². The van der Waals surface area contributed by atoms with Crippen LogP contribution in [0.3, 0.4) is 0 Å². The molecule has 0 radical (unpaired) electrons. The smallest absolute Gasteiger partial charge is 0.224 e. The van der Waals surface area contributed by atoms with Gasteiger partial charge >= 0.3 is 0 Å². The summed E-state index contributed by atoms with van der Waals surface area (Å²) in [6, 6.07) is 7.51. The Morgan fingerprint density at radius 2 is 2.05 bits per heavy atom. The van der Waals surface area contributed by atoms with Crippen molar-refractivity contribution in [2.24, 2.45) is 5.92 Å². The van der Waals surface area contributed by atoms with Crippen LogP contribution < -0.4 is 10.1 Å². The minimum absolute atomic E-state index is 0.0825. The SMILES string of the molecule is COc1ccccc1NC(=O)CC1CCN(C)CC1. The lowest BCUT2D eigenvalue weighted by Gasteiger charge is -2.28. The van der Waals surface area contributed by atoms with Gasteiger partial charge in [0.2, 0.25) is 5.91 Å². The highest BCUT2D eigenvalue weighted by atomic mass is 16.5. The third-order valence-corrected chi connectivity index (χ3v) is 3.69. The highest BCUT2D eigenvalue weighted by molar-refractivity contribution is 5.92. The van der Waals surface area contributed by atoms with Crippen molar-refractivity contribution in [1.29, 1.82) is 0 Å². The largest absolute Gasteiger partial charge is 0.495 e. The lowest BCUT2D eigenvalue weighted by atomic mass is 9.93. The Labute approximate surface area is 114 Å². The zero-order valence-corrected chi connectivity index (χ0v) is 11.7. The molecule has 1 amide bonds. The molecule has 1 aromatic carbocycles. The van der Waals surface area contributed by atoms with Crippen LogP contribution >= 0.6 is 0 Å². The van der Waals surface area contributed by atoms with E-state index in [2.05, 4.69) is 17.3 Å². The number of para-hydroxylation sites is 2. The van der Waals surface area contributed by atoms with Gasteiger partial charge in [0.1, 0.15) is 5.75 Å². The number of carbonyl (C=O) groups excluding carboxylic acids is 1. The van der Waals surface area contributed by atoms with Crippen molar-refractivity contribution < 1.29 is 9.53 Å². The summed E-state index contributed by atoms with van der Waals surface area (Å²) in [5, 5.41) is 2.94. The number of nitrogens with zero attached hydrogens (tertiary/aromatic N) is 1. The maximum atomic E-state index is 12.1. The molecule has 0 aliphatic carbocycles. The van der Waals surface area contributed by atoms with Crippen LogP contribution in [0.4, 0.5) is 5.69 Å². The molecule has 1 saturated heterocycles. The Morgan fingerprint density at radius 1 is 1.37 bits per heavy atom. The van der Waals surface area contributed by atoms with E-state index in [0.29, 0.717) is 18.1 Å². The van der Waals surface area contributed by atoms with Crippen molar-refractivity contribution in [3.63, 3.8) is 0 Å². The van der Waals surface area contributed by atoms with Crippen LogP contribution in [0.15, 0.2) is 24.3 Å². The van der Waals surface area contributed by atoms with E-state index in [0.717, 1.165) is 31.6 Å². The Morgan fingerprint density at radius 3 is 2.74 bits per heavy atom. The number of rotatable bonds is 4. The predicted octanol–water partition coefficient (Wildman–Crippen LogP) is 2.37. The number of carbonyl (C=O) groups is 1. The average Bonchev–Trinajstić information content (AvgIpc) is 2.42. The molecule has 4 heteroatoms. The first-order valence-corrected chi connectivity index (χ1v) is 6.80. The lowest BCUT2D eigenvalue weighted by molar-refractivity contribution is -0.117. The number of methoxy groups -OCH3 is 1. The minimum atomic E-state index is 0.0825. The van der Waals surface area contributed by atoms with Gasteiger partial charge in [0.15, 0.2) is 0 Å². The number of likely N-dealkylation sites (tertiary alicyclic amines) is 1. The molecule has 1 aliphatic rings. The molecule has 0 bridgehead atoms. The third kappa shape index (κ3) is 3.96. The summed E-state index contributed by atoms with van der Waals surface area (Å²) < 4.78 is 5.23. The number of hydrogen-bond donors (Lipinski definition) is 1. The molecule has 4 nitrogen and oxygen atoms in total. The highest BCUT2D eigenvalue weighted by Crippen LogP contribution is 2.25. The molecule has 1 aromatic rings. The summed E-state index contributed by atoms with van der Waals surface area (Å²) in [4.78, 5) is 14.4. The van der Waals surface area contributed by atoms with E-state index < -0.39 is 0 Å². The second kappa shape index (κ2) is 6.57. The number of anilines is 1. The Bertz CT molecular complexity index is 426. The van der Waals surface area contributed by atoms with Crippen LogP contribution in [0.1, 0.15) is 19.3 Å². The second-order valence-corrected chi connectivity index (χ2v) is 5.20. The van der Waals surface area contributed by atoms with Gasteiger partial charge in [-0.25, -0.2) is 0 Å². The van der Waals surface area contributed by atoms with E-state index in [-0.39, 0.29) is 5.91 Å². The maximum absolute atomic E-state index is 12.1. The molecule has 1 N–H and O–H groups in total. The van der Waals surface area contributed by atoms with Crippen molar-refractivity contribution in [2.75, 3.05) is 32.6 Å². The molecule has 0 unspecified atom stereocenters. The lowest BCUT2D eigenvalue weighted by Crippen LogP contribution is -2.31. The summed E-state index contributed by atoms with van der Waals surface area (Å²) in [5.41, 5.74) is 0.753. The monoisotopic (exact) mass is 262 g/mol. The summed E-state index contributed by atoms with van der Waals surface area (Å²) >= 11 is 0. The molecule has 104 valence electrons. The minimum Gasteiger partial charge on any atom is -0.495 e. The zero-order valence-electron chi connectivity index (χ0n) is 11.7. The summed E-state index contributed by atoms with van der Waals surface area (Å²) in [7, 11) is 3.74. The molecule has 0 spiro atoms. The summed E-state index contributed by atoms with van der Waals surface area (Å²) in [6.07, 6.45) is 2.82. The number of nitrogens with one attached hydrogen (secondary N) is 1. The first kappa shape index (κ1) is 13.9. The van der Waals surface area contributed by atoms with Crippen molar-refractivity contribution >= 4 is 11.6 Å². The van der Waals surface area contributed by atoms with Crippen LogP contribution in [0.5, 0.6) is 5.75 Å². The average molecular weight is 262 g/mol. The highest BCUT2D eigenvalue weighted by Gasteiger charge is 2.19. The first-order chi connectivity index (χ1) is 9.19. The van der Waals surface area contributed by atoms with E-state index in [9.17, 15) is 4.79 Å². The molecule has 0 saturated carbocycles. The molecule has 19 heavy (non-hydrogen) atoms. The molecule has 1 heterocycles. The number of hydrogen-bond acceptors (Lipinski definition) is 3. The van der Waals surface area contributed by atoms with E-state index in [1.165, 1.54) is 0 Å². The molecular weight excluding hydrogens is 240 g/mol. The fraction of sp³-hybridized carbons (Fsp3) is 0.533. The van der Waals surface area contributed by atoms with Gasteiger partial charge in [-0.2, -0.15) is 0 Å². The normalized spacial score (nSPS) is 17.2. The first-order valence-electron chi connectivity index (χ1n) is 6.80. The Balaban J connectivity index is 1.87. The van der Waals surface area contributed by atoms with Crippen molar-refractivity contribution in [3.05, 3.63) is 24.3 Å². The van der Waals surface area contributed by atoms with E-state index in [1.807, 2.05) is 24.3 Å². The topological polar surface area (TPSA) is 41.6 Å². The van der Waals surface area contributed by atoms with Crippen LogP contribution in [0, 0.1) is 5.92 Å². The van der Waals surface area contributed by atoms with Crippen LogP contribution in [-0.4, -0.2) is 38.1 Å². The van der Waals surface area contributed by atoms with E-state index in [4.69, 9.17) is 4.74 Å². The van der Waals surface area contributed by atoms with Crippen molar-refractivity contribution in [1.82, 2.24) is 4.90 Å². The van der Waals surface area contributed by atoms with Crippen LogP contribution in [0.2, 0.25) is 0 Å². The molecular formula is C15H22N2O2. The molecule has 0 atom stereocenters. The van der Waals surface area contributed by atoms with Crippen molar-refractivity contribution in [2.45, 2.75) is 19.3 Å². The maximum Gasteiger partial charge on any atom is 0.224 e. The standard InChI is InChI=1S/C15H22N2O2/c1-17-9-7-12(8-10-17)11-15(18)16-13-5-3-4-6-14(13)19-2/h3-6,12H,7-11H2,1-2H3,(H,16,18). The fourth-order valence-electron chi connectivity index (χ4n) is 2.48. The van der Waals surface area contributed by atoms with Crippen LogP contribution in [0.25, 0.3) is 0 Å². The molecule has 2 rings (SSSR count). The number of piperidine rings is 1. The molecule has 0 aromatic heterocycles. The predicted molar refractivity (Wildman–Crippen MR) is 76.5 cm³/mol. The van der Waals surface area contributed by atoms with Gasteiger partial charge in [-0.3, -0.25) is 4.79 Å². The van der Waals surface area contributed by atoms with Crippen LogP contribution in [-0.2, 0) is 4.79 Å². The molecule has 1 fully saturated rings. The Kier molecular flexibility index (Phi) is 4.80. The van der Waals surface area contributed by atoms with Gasteiger partial charge in [-0.15, -0.1) is 0 Å². The number of ether oxygens (including phenoxy) is 1. The Hall–Kier alpha value is -1.55. The van der Waals surface area contributed by atoms with E-state index >= 15 is 0 Å². The summed E-state index contributed by atoms with van der Waals surface area (Å²) in [6.45, 7) is 2.18. The summed E-state index contributed by atoms with van der Waals surface area (Å²) in [5.74, 6) is 1.30. The fourth-order valence-corrected chi connectivity index (χ4v) is 2.48. The van der Waals surface area contributed by atoms with Gasteiger partial charge in [-0.05, 0) is 51.0 Å². The quantitative estimate of drug-likeness (QED) is 0.905. The van der Waals surface area contributed by atoms with E-state index in [1.54, 1.807) is 7.11 Å². The van der Waals surface area contributed by atoms with Gasteiger partial charge in [-0.1, -0.05) is 12.1 Å². The molecule has 1 aliphatic heterocycles. The van der Waals surface area contributed by atoms with Gasteiger partial charge < -0.3 is 15.0 Å². The van der Waals surface area contributed by atoms with Gasteiger partial charge in [0.05, 0.1) is 12.8 Å². The third-order valence-electron chi connectivity index (χ3n) is 3.69. The van der Waals surface area contributed by atoms with Crippen molar-refractivity contribution in [3.8, 4) is 5.75 Å². The number of benzene rings is 1.